The van der Waals surface area contributed by atoms with Crippen molar-refractivity contribution in [3.05, 3.63) is 265 Å². The molecule has 300 valence electrons. The lowest BCUT2D eigenvalue weighted by atomic mass is 9.84. The van der Waals surface area contributed by atoms with Gasteiger partial charge in [-0.05, 0) is 128 Å². The first-order chi connectivity index (χ1) is 31.2. The zero-order valence-electron chi connectivity index (χ0n) is 35.2. The minimum atomic E-state index is 0.194. The van der Waals surface area contributed by atoms with E-state index in [1.54, 1.807) is 0 Å². The van der Waals surface area contributed by atoms with Crippen LogP contribution >= 0.6 is 0 Å². The Morgan fingerprint density at radius 1 is 0.381 bits per heavy atom. The average molecular weight is 806 g/mol. The van der Waals surface area contributed by atoms with E-state index in [2.05, 4.69) is 247 Å². The summed E-state index contributed by atoms with van der Waals surface area (Å²) in [7, 11) is 0. The summed E-state index contributed by atoms with van der Waals surface area (Å²) >= 11 is 0. The maximum Gasteiger partial charge on any atom is 0.0541 e. The molecule has 1 heterocycles. The van der Waals surface area contributed by atoms with Gasteiger partial charge < -0.3 is 4.57 Å². The predicted octanol–water partition coefficient (Wildman–Crippen LogP) is 16.6. The van der Waals surface area contributed by atoms with E-state index in [-0.39, 0.29) is 5.92 Å². The Morgan fingerprint density at radius 2 is 0.889 bits per heavy atom. The highest BCUT2D eigenvalue weighted by atomic mass is 15.0. The number of para-hydroxylation sites is 1. The highest BCUT2D eigenvalue weighted by molar-refractivity contribution is 6.10. The molecule has 0 saturated carbocycles. The van der Waals surface area contributed by atoms with Crippen molar-refractivity contribution < 1.29 is 0 Å². The fraction of sp³-hybridized carbons (Fsp3) is 0.0645. The number of allylic oxidation sites excluding steroid dienone is 4. The molecule has 0 amide bonds. The van der Waals surface area contributed by atoms with Crippen LogP contribution in [0.5, 0.6) is 0 Å². The highest BCUT2D eigenvalue weighted by Crippen LogP contribution is 2.38. The summed E-state index contributed by atoms with van der Waals surface area (Å²) in [6.07, 6.45) is 9.77. The maximum absolute atomic E-state index is 2.41. The van der Waals surface area contributed by atoms with Gasteiger partial charge in [0.2, 0.25) is 0 Å². The summed E-state index contributed by atoms with van der Waals surface area (Å²) in [5.41, 5.74) is 20.1. The molecule has 1 nitrogen and oxygen atoms in total. The molecule has 9 aromatic carbocycles. The number of aromatic nitrogens is 1. The van der Waals surface area contributed by atoms with Crippen LogP contribution in [-0.2, 0) is 6.42 Å². The van der Waals surface area contributed by atoms with Crippen LogP contribution in [-0.4, -0.2) is 4.57 Å². The molecule has 1 aromatic heterocycles. The number of benzene rings is 9. The SMILES string of the molecule is C1=CCCC(c2ccc(-n3c4ccccc4c4cc(-c5cccc(-c6cccc(CC(c7ccc(-c8ccccc8)cc7)c7ccc(-c8ccccc8)cc7)c6)c5)ccc43)cc2)=C1. The van der Waals surface area contributed by atoms with Gasteiger partial charge in [-0.2, -0.15) is 0 Å². The van der Waals surface area contributed by atoms with Gasteiger partial charge in [-0.1, -0.05) is 206 Å². The summed E-state index contributed by atoms with van der Waals surface area (Å²) < 4.78 is 2.41. The van der Waals surface area contributed by atoms with Crippen LogP contribution in [0.1, 0.15) is 41.0 Å². The number of fused-ring (bicyclic) bond motifs is 3. The van der Waals surface area contributed by atoms with Crippen LogP contribution < -0.4 is 0 Å². The largest absolute Gasteiger partial charge is 0.309 e. The van der Waals surface area contributed by atoms with E-state index in [0.29, 0.717) is 0 Å². The summed E-state index contributed by atoms with van der Waals surface area (Å²) in [4.78, 5) is 0. The Morgan fingerprint density at radius 3 is 1.52 bits per heavy atom. The first kappa shape index (κ1) is 38.2. The first-order valence-electron chi connectivity index (χ1n) is 22.2. The Bertz CT molecular complexity index is 3170. The molecule has 0 radical (unpaired) electrons. The monoisotopic (exact) mass is 805 g/mol. The van der Waals surface area contributed by atoms with E-state index in [1.807, 2.05) is 0 Å². The Balaban J connectivity index is 0.907. The summed E-state index contributed by atoms with van der Waals surface area (Å²) in [5.74, 6) is 0.194. The lowest BCUT2D eigenvalue weighted by Crippen LogP contribution is -2.05. The van der Waals surface area contributed by atoms with Crippen molar-refractivity contribution >= 4 is 27.4 Å². The van der Waals surface area contributed by atoms with Gasteiger partial charge in [-0.15, -0.1) is 0 Å². The van der Waals surface area contributed by atoms with Crippen molar-refractivity contribution in [2.24, 2.45) is 0 Å². The van der Waals surface area contributed by atoms with Crippen LogP contribution in [0.15, 0.2) is 243 Å². The van der Waals surface area contributed by atoms with E-state index in [0.717, 1.165) is 19.3 Å². The normalized spacial score (nSPS) is 12.6. The Hall–Kier alpha value is -7.74. The average Bonchev–Trinajstić information content (AvgIpc) is 3.70. The van der Waals surface area contributed by atoms with Crippen molar-refractivity contribution in [1.82, 2.24) is 4.57 Å². The molecule has 1 aliphatic carbocycles. The molecule has 0 atom stereocenters. The Kier molecular flexibility index (Phi) is 10.3. The third-order valence-electron chi connectivity index (χ3n) is 12.9. The van der Waals surface area contributed by atoms with Gasteiger partial charge >= 0.3 is 0 Å². The zero-order chi connectivity index (χ0) is 42.0. The fourth-order valence-electron chi connectivity index (χ4n) is 9.60. The minimum absolute atomic E-state index is 0.194. The second-order valence-electron chi connectivity index (χ2n) is 16.8. The van der Waals surface area contributed by atoms with Crippen molar-refractivity contribution in [2.45, 2.75) is 25.2 Å². The zero-order valence-corrected chi connectivity index (χ0v) is 35.2. The van der Waals surface area contributed by atoms with E-state index in [1.165, 1.54) is 99.8 Å². The summed E-state index contributed by atoms with van der Waals surface area (Å²) in [6.45, 7) is 0. The molecule has 0 bridgehead atoms. The van der Waals surface area contributed by atoms with E-state index < -0.39 is 0 Å². The number of hydrogen-bond donors (Lipinski definition) is 0. The lowest BCUT2D eigenvalue weighted by molar-refractivity contribution is 0.805. The molecule has 0 saturated heterocycles. The topological polar surface area (TPSA) is 4.93 Å². The number of hydrogen-bond acceptors (Lipinski definition) is 0. The van der Waals surface area contributed by atoms with Gasteiger partial charge in [0.15, 0.2) is 0 Å². The molecule has 11 rings (SSSR count). The van der Waals surface area contributed by atoms with E-state index >= 15 is 0 Å². The molecule has 1 aliphatic rings. The van der Waals surface area contributed by atoms with Crippen molar-refractivity contribution in [2.75, 3.05) is 0 Å². The first-order valence-corrected chi connectivity index (χ1v) is 22.2. The second kappa shape index (κ2) is 17.0. The van der Waals surface area contributed by atoms with Crippen LogP contribution in [0.4, 0.5) is 0 Å². The maximum atomic E-state index is 2.41. The van der Waals surface area contributed by atoms with Crippen molar-refractivity contribution in [3.63, 3.8) is 0 Å². The smallest absolute Gasteiger partial charge is 0.0541 e. The van der Waals surface area contributed by atoms with Gasteiger partial charge in [0.25, 0.3) is 0 Å². The standard InChI is InChI=1S/C62H47N/c1-4-15-45(16-5-1)48-26-30-51(31-27-48)59(52-32-28-49(29-33-52)46-17-6-2-7-18-46)41-44-14-12-21-53(40-44)54-22-13-23-55(42-54)56-36-39-62-60(43-56)58-24-10-11-25-61(58)63(62)57-37-34-50(35-38-57)47-19-8-3-9-20-47/h1-8,10-19,21-40,42-43,59H,9,20,41H2. The minimum Gasteiger partial charge on any atom is -0.309 e. The van der Waals surface area contributed by atoms with E-state index in [4.69, 9.17) is 0 Å². The van der Waals surface area contributed by atoms with Crippen LogP contribution in [0.2, 0.25) is 0 Å². The molecule has 0 fully saturated rings. The number of nitrogens with zero attached hydrogens (tertiary/aromatic N) is 1. The third kappa shape index (κ3) is 7.75. The second-order valence-corrected chi connectivity index (χ2v) is 16.8. The fourth-order valence-corrected chi connectivity index (χ4v) is 9.60. The Labute approximate surface area is 370 Å². The molecule has 0 aliphatic heterocycles. The highest BCUT2D eigenvalue weighted by Gasteiger charge is 2.18. The van der Waals surface area contributed by atoms with Gasteiger partial charge in [-0.25, -0.2) is 0 Å². The van der Waals surface area contributed by atoms with Crippen LogP contribution in [0.3, 0.4) is 0 Å². The predicted molar refractivity (Wildman–Crippen MR) is 267 cm³/mol. The summed E-state index contributed by atoms with van der Waals surface area (Å²) in [5, 5.41) is 2.53. The third-order valence-corrected chi connectivity index (χ3v) is 12.9. The van der Waals surface area contributed by atoms with Gasteiger partial charge in [0.05, 0.1) is 11.0 Å². The molecule has 10 aromatic rings. The molecule has 0 unspecified atom stereocenters. The van der Waals surface area contributed by atoms with Gasteiger partial charge in [0.1, 0.15) is 0 Å². The van der Waals surface area contributed by atoms with Gasteiger partial charge in [-0.3, -0.25) is 0 Å². The van der Waals surface area contributed by atoms with Crippen LogP contribution in [0.25, 0.3) is 77.6 Å². The molecule has 1 heteroatoms. The van der Waals surface area contributed by atoms with E-state index in [9.17, 15) is 0 Å². The van der Waals surface area contributed by atoms with Gasteiger partial charge in [0, 0.05) is 22.4 Å². The van der Waals surface area contributed by atoms with Crippen molar-refractivity contribution in [3.8, 4) is 50.2 Å². The van der Waals surface area contributed by atoms with Crippen molar-refractivity contribution in [1.29, 1.82) is 0 Å². The molecular formula is C62H47N. The number of rotatable bonds is 10. The molecular weight excluding hydrogens is 759 g/mol. The molecule has 0 spiro atoms. The van der Waals surface area contributed by atoms with Crippen LogP contribution in [0, 0.1) is 0 Å². The molecule has 63 heavy (non-hydrogen) atoms. The quantitative estimate of drug-likeness (QED) is 0.130. The summed E-state index contributed by atoms with van der Waals surface area (Å²) in [6, 6.07) is 82.8. The lowest BCUT2D eigenvalue weighted by Gasteiger charge is -2.20. The molecule has 0 N–H and O–H groups in total.